The summed E-state index contributed by atoms with van der Waals surface area (Å²) in [7, 11) is 0. The number of amides is 2. The molecule has 2 fully saturated rings. The number of carbonyl (C=O) groups excluding carboxylic acids is 2. The molecule has 1 unspecified atom stereocenters. The van der Waals surface area contributed by atoms with Gasteiger partial charge in [-0.2, -0.15) is 0 Å². The molecule has 1 spiro atoms. The van der Waals surface area contributed by atoms with E-state index in [1.807, 2.05) is 23.1 Å². The summed E-state index contributed by atoms with van der Waals surface area (Å²) in [5.41, 5.74) is 1.88. The molecule has 194 valence electrons. The van der Waals surface area contributed by atoms with Crippen molar-refractivity contribution in [2.75, 3.05) is 26.2 Å². The van der Waals surface area contributed by atoms with Crippen LogP contribution in [0.5, 0.6) is 0 Å². The lowest BCUT2D eigenvalue weighted by molar-refractivity contribution is -0.162. The zero-order chi connectivity index (χ0) is 25.5. The van der Waals surface area contributed by atoms with Crippen molar-refractivity contribution in [1.82, 2.24) is 15.1 Å². The first kappa shape index (κ1) is 26.4. The van der Waals surface area contributed by atoms with Crippen LogP contribution in [0.15, 0.2) is 60.7 Å². The monoisotopic (exact) mass is 489 g/mol. The number of piperazine rings is 1. The van der Waals surface area contributed by atoms with Crippen molar-refractivity contribution >= 4 is 11.8 Å². The normalized spacial score (nSPS) is 21.1. The third-order valence-electron chi connectivity index (χ3n) is 8.06. The summed E-state index contributed by atoms with van der Waals surface area (Å²) in [5, 5.41) is 3.14. The van der Waals surface area contributed by atoms with Crippen LogP contribution in [0.25, 0.3) is 0 Å². The van der Waals surface area contributed by atoms with Crippen LogP contribution >= 0.6 is 0 Å². The Morgan fingerprint density at radius 1 is 0.917 bits per heavy atom. The molecule has 2 heterocycles. The van der Waals surface area contributed by atoms with Crippen molar-refractivity contribution in [3.05, 3.63) is 71.8 Å². The Bertz CT molecular complexity index is 983. The number of hydrogen-bond acceptors (Lipinski definition) is 3. The number of unbranched alkanes of at least 4 members (excludes halogenated alkanes) is 1. The number of hydrogen-bond donors (Lipinski definition) is 1. The van der Waals surface area contributed by atoms with Crippen LogP contribution in [0.3, 0.4) is 0 Å². The molecular formula is C31H43N3O2. The molecule has 0 saturated carbocycles. The minimum absolute atomic E-state index is 0.0525. The highest BCUT2D eigenvalue weighted by atomic mass is 16.2. The summed E-state index contributed by atoms with van der Waals surface area (Å²) < 4.78 is 0. The Kier molecular flexibility index (Phi) is 8.84. The standard InChI is InChI=1S/C31H43N3O2/c1-24(2)22-28-29(35)34(23-25(3)27-15-8-5-9-16-27)31(30(36)32-28)17-20-33(21-18-31)19-11-10-14-26-12-6-4-7-13-26/h4-9,12-13,15-16,24-25,28H,10-11,14,17-23H2,1-3H3,(H,32,36)/t25?,28-/m0/s1. The van der Waals surface area contributed by atoms with Crippen molar-refractivity contribution in [3.63, 3.8) is 0 Å². The fourth-order valence-electron chi connectivity index (χ4n) is 5.89. The Morgan fingerprint density at radius 3 is 2.19 bits per heavy atom. The Morgan fingerprint density at radius 2 is 1.56 bits per heavy atom. The number of nitrogens with zero attached hydrogens (tertiary/aromatic N) is 2. The van der Waals surface area contributed by atoms with Gasteiger partial charge in [-0.15, -0.1) is 0 Å². The second kappa shape index (κ2) is 12.1. The fraction of sp³-hybridized carbons (Fsp3) is 0.548. The predicted octanol–water partition coefficient (Wildman–Crippen LogP) is 5.02. The zero-order valence-electron chi connectivity index (χ0n) is 22.3. The van der Waals surface area contributed by atoms with Crippen LogP contribution < -0.4 is 5.32 Å². The number of benzene rings is 2. The van der Waals surface area contributed by atoms with E-state index < -0.39 is 11.6 Å². The molecule has 0 aromatic heterocycles. The van der Waals surface area contributed by atoms with Gasteiger partial charge in [0.15, 0.2) is 0 Å². The van der Waals surface area contributed by atoms with E-state index in [1.165, 1.54) is 17.5 Å². The summed E-state index contributed by atoms with van der Waals surface area (Å²) >= 11 is 0. The van der Waals surface area contributed by atoms with Crippen LogP contribution in [0.2, 0.25) is 0 Å². The lowest BCUT2D eigenvalue weighted by atomic mass is 9.80. The zero-order valence-corrected chi connectivity index (χ0v) is 22.3. The number of carbonyl (C=O) groups is 2. The van der Waals surface area contributed by atoms with Crippen molar-refractivity contribution in [1.29, 1.82) is 0 Å². The number of nitrogens with one attached hydrogen (secondary N) is 1. The van der Waals surface area contributed by atoms with Gasteiger partial charge in [0.25, 0.3) is 0 Å². The van der Waals surface area contributed by atoms with Crippen LogP contribution in [-0.2, 0) is 16.0 Å². The van der Waals surface area contributed by atoms with Gasteiger partial charge < -0.3 is 15.1 Å². The Balaban J connectivity index is 1.41. The van der Waals surface area contributed by atoms with Crippen molar-refractivity contribution < 1.29 is 9.59 Å². The van der Waals surface area contributed by atoms with Crippen molar-refractivity contribution in [3.8, 4) is 0 Å². The van der Waals surface area contributed by atoms with Crippen LogP contribution in [0.1, 0.15) is 69.9 Å². The second-order valence-corrected chi connectivity index (χ2v) is 11.2. The lowest BCUT2D eigenvalue weighted by Gasteiger charge is -2.52. The van der Waals surface area contributed by atoms with Gasteiger partial charge in [0, 0.05) is 19.6 Å². The molecule has 2 aliphatic heterocycles. The van der Waals surface area contributed by atoms with Crippen LogP contribution in [-0.4, -0.2) is 59.4 Å². The average Bonchev–Trinajstić information content (AvgIpc) is 2.89. The lowest BCUT2D eigenvalue weighted by Crippen LogP contribution is -2.73. The third-order valence-corrected chi connectivity index (χ3v) is 8.06. The largest absolute Gasteiger partial charge is 0.342 e. The average molecular weight is 490 g/mol. The van der Waals surface area contributed by atoms with Crippen molar-refractivity contribution in [2.24, 2.45) is 5.92 Å². The van der Waals surface area contributed by atoms with Gasteiger partial charge in [0.2, 0.25) is 11.8 Å². The van der Waals surface area contributed by atoms with E-state index in [9.17, 15) is 9.59 Å². The molecule has 2 aliphatic rings. The highest BCUT2D eigenvalue weighted by molar-refractivity contribution is 6.00. The minimum Gasteiger partial charge on any atom is -0.342 e. The summed E-state index contributed by atoms with van der Waals surface area (Å²) in [5.74, 6) is 0.673. The number of rotatable bonds is 10. The fourth-order valence-corrected chi connectivity index (χ4v) is 5.89. The van der Waals surface area contributed by atoms with E-state index >= 15 is 0 Å². The molecule has 1 N–H and O–H groups in total. The van der Waals surface area contributed by atoms with Gasteiger partial charge in [-0.1, -0.05) is 81.4 Å². The van der Waals surface area contributed by atoms with Gasteiger partial charge >= 0.3 is 0 Å². The summed E-state index contributed by atoms with van der Waals surface area (Å²) in [6.45, 7) is 9.74. The molecule has 0 bridgehead atoms. The molecular weight excluding hydrogens is 446 g/mol. The molecule has 36 heavy (non-hydrogen) atoms. The minimum atomic E-state index is -0.728. The highest BCUT2D eigenvalue weighted by Crippen LogP contribution is 2.36. The van der Waals surface area contributed by atoms with E-state index in [0.29, 0.717) is 31.7 Å². The number of likely N-dealkylation sites (tertiary alicyclic amines) is 1. The first-order chi connectivity index (χ1) is 17.4. The maximum Gasteiger partial charge on any atom is 0.246 e. The van der Waals surface area contributed by atoms with E-state index in [-0.39, 0.29) is 17.7 Å². The molecule has 2 amide bonds. The Labute approximate surface area is 217 Å². The predicted molar refractivity (Wildman–Crippen MR) is 146 cm³/mol. The van der Waals surface area contributed by atoms with Crippen LogP contribution in [0, 0.1) is 5.92 Å². The molecule has 2 aromatic rings. The van der Waals surface area contributed by atoms with Gasteiger partial charge in [-0.3, -0.25) is 9.59 Å². The Hall–Kier alpha value is -2.66. The molecule has 0 radical (unpaired) electrons. The molecule has 2 atom stereocenters. The smallest absolute Gasteiger partial charge is 0.246 e. The third kappa shape index (κ3) is 6.18. The second-order valence-electron chi connectivity index (χ2n) is 11.2. The number of aryl methyl sites for hydroxylation is 1. The van der Waals surface area contributed by atoms with E-state index in [0.717, 1.165) is 32.5 Å². The maximum absolute atomic E-state index is 13.8. The molecule has 5 nitrogen and oxygen atoms in total. The van der Waals surface area contributed by atoms with Gasteiger partial charge in [-0.05, 0) is 68.0 Å². The first-order valence-corrected chi connectivity index (χ1v) is 13.8. The quantitative estimate of drug-likeness (QED) is 0.477. The summed E-state index contributed by atoms with van der Waals surface area (Å²) in [4.78, 5) is 31.9. The first-order valence-electron chi connectivity index (χ1n) is 13.8. The highest BCUT2D eigenvalue weighted by Gasteiger charge is 2.53. The van der Waals surface area contributed by atoms with E-state index in [2.05, 4.69) is 73.5 Å². The summed E-state index contributed by atoms with van der Waals surface area (Å²) in [6, 6.07) is 20.6. The number of piperidine rings is 1. The molecule has 4 rings (SSSR count). The van der Waals surface area contributed by atoms with Crippen molar-refractivity contribution in [2.45, 2.75) is 76.8 Å². The molecule has 2 saturated heterocycles. The molecule has 2 aromatic carbocycles. The van der Waals surface area contributed by atoms with Gasteiger partial charge in [0.1, 0.15) is 11.6 Å². The SMILES string of the molecule is CC(C)C[C@@H]1NC(=O)C2(CCN(CCCCc3ccccc3)CC2)N(CC(C)c2ccccc2)C1=O. The van der Waals surface area contributed by atoms with Gasteiger partial charge in [0.05, 0.1) is 0 Å². The van der Waals surface area contributed by atoms with Gasteiger partial charge in [-0.25, -0.2) is 0 Å². The van der Waals surface area contributed by atoms with E-state index in [1.54, 1.807) is 0 Å². The molecule has 0 aliphatic carbocycles. The summed E-state index contributed by atoms with van der Waals surface area (Å²) in [6.07, 6.45) is 5.53. The molecule has 5 heteroatoms. The topological polar surface area (TPSA) is 52.7 Å². The van der Waals surface area contributed by atoms with E-state index in [4.69, 9.17) is 0 Å². The van der Waals surface area contributed by atoms with Crippen LogP contribution in [0.4, 0.5) is 0 Å². The maximum atomic E-state index is 13.8.